The zero-order chi connectivity index (χ0) is 13.8. The van der Waals surface area contributed by atoms with E-state index in [1.54, 1.807) is 29.5 Å². The van der Waals surface area contributed by atoms with Gasteiger partial charge in [-0.3, -0.25) is 0 Å². The van der Waals surface area contributed by atoms with Gasteiger partial charge in [0.05, 0.1) is 21.4 Å². The monoisotopic (exact) mass is 296 g/mol. The molecule has 0 spiro atoms. The second kappa shape index (κ2) is 6.04. The zero-order valence-corrected chi connectivity index (χ0v) is 11.9. The van der Waals surface area contributed by atoms with E-state index < -0.39 is 5.97 Å². The summed E-state index contributed by atoms with van der Waals surface area (Å²) in [4.78, 5) is 15.5. The van der Waals surface area contributed by atoms with Crippen molar-refractivity contribution in [3.8, 4) is 0 Å². The standard InChI is InChI=1S/C13H13ClN2O2S/c1-8-16-9(7-19-8)5-6-15-11-4-2-3-10(14)12(11)13(17)18/h2-4,7,15H,5-6H2,1H3,(H,17,18). The van der Waals surface area contributed by atoms with E-state index in [4.69, 9.17) is 16.7 Å². The highest BCUT2D eigenvalue weighted by Crippen LogP contribution is 2.24. The predicted molar refractivity (Wildman–Crippen MR) is 77.5 cm³/mol. The molecule has 2 rings (SSSR count). The minimum absolute atomic E-state index is 0.110. The fourth-order valence-corrected chi connectivity index (χ4v) is 2.64. The molecule has 0 saturated heterocycles. The number of carboxylic acids is 1. The maximum atomic E-state index is 11.1. The summed E-state index contributed by atoms with van der Waals surface area (Å²) in [5, 5.41) is 15.5. The molecule has 0 fully saturated rings. The lowest BCUT2D eigenvalue weighted by atomic mass is 10.1. The number of aromatic nitrogens is 1. The van der Waals surface area contributed by atoms with E-state index in [0.29, 0.717) is 12.2 Å². The third kappa shape index (κ3) is 3.45. The summed E-state index contributed by atoms with van der Waals surface area (Å²) in [5.41, 5.74) is 1.65. The first kappa shape index (κ1) is 13.8. The van der Waals surface area contributed by atoms with Crippen LogP contribution in [-0.4, -0.2) is 22.6 Å². The van der Waals surface area contributed by atoms with Crippen molar-refractivity contribution < 1.29 is 9.90 Å². The summed E-state index contributed by atoms with van der Waals surface area (Å²) in [6.45, 7) is 2.57. The van der Waals surface area contributed by atoms with Crippen LogP contribution in [0.25, 0.3) is 0 Å². The van der Waals surface area contributed by atoms with Crippen LogP contribution in [0, 0.1) is 6.92 Å². The van der Waals surface area contributed by atoms with Gasteiger partial charge in [0.2, 0.25) is 0 Å². The molecular formula is C13H13ClN2O2S. The van der Waals surface area contributed by atoms with Crippen LogP contribution < -0.4 is 5.32 Å². The van der Waals surface area contributed by atoms with Gasteiger partial charge in [0.25, 0.3) is 0 Å². The van der Waals surface area contributed by atoms with Crippen molar-refractivity contribution in [2.24, 2.45) is 0 Å². The van der Waals surface area contributed by atoms with Crippen LogP contribution in [0.5, 0.6) is 0 Å². The summed E-state index contributed by atoms with van der Waals surface area (Å²) in [6, 6.07) is 5.01. The number of hydrogen-bond donors (Lipinski definition) is 2. The highest BCUT2D eigenvalue weighted by Gasteiger charge is 2.13. The maximum absolute atomic E-state index is 11.1. The van der Waals surface area contributed by atoms with Gasteiger partial charge in [-0.05, 0) is 19.1 Å². The summed E-state index contributed by atoms with van der Waals surface area (Å²) >= 11 is 7.50. The number of aryl methyl sites for hydroxylation is 1. The first-order valence-electron chi connectivity index (χ1n) is 5.74. The Morgan fingerprint density at radius 2 is 2.32 bits per heavy atom. The van der Waals surface area contributed by atoms with Gasteiger partial charge in [-0.1, -0.05) is 17.7 Å². The molecule has 0 aliphatic heterocycles. The Morgan fingerprint density at radius 1 is 1.53 bits per heavy atom. The molecular weight excluding hydrogens is 284 g/mol. The molecule has 0 saturated carbocycles. The van der Waals surface area contributed by atoms with E-state index in [2.05, 4.69) is 10.3 Å². The molecule has 2 aromatic rings. The lowest BCUT2D eigenvalue weighted by molar-refractivity contribution is 0.0698. The van der Waals surface area contributed by atoms with Crippen molar-refractivity contribution in [3.05, 3.63) is 44.9 Å². The molecule has 6 heteroatoms. The number of benzene rings is 1. The van der Waals surface area contributed by atoms with Gasteiger partial charge in [0.1, 0.15) is 5.56 Å². The van der Waals surface area contributed by atoms with Gasteiger partial charge in [0.15, 0.2) is 0 Å². The van der Waals surface area contributed by atoms with E-state index in [-0.39, 0.29) is 10.6 Å². The average Bonchev–Trinajstić information content (AvgIpc) is 2.74. The van der Waals surface area contributed by atoms with E-state index in [9.17, 15) is 4.79 Å². The number of nitrogens with one attached hydrogen (secondary N) is 1. The molecule has 0 bridgehead atoms. The molecule has 1 aromatic heterocycles. The van der Waals surface area contributed by atoms with E-state index in [1.165, 1.54) is 0 Å². The van der Waals surface area contributed by atoms with E-state index in [0.717, 1.165) is 17.1 Å². The third-order valence-corrected chi connectivity index (χ3v) is 3.73. The van der Waals surface area contributed by atoms with Crippen molar-refractivity contribution in [2.45, 2.75) is 13.3 Å². The number of halogens is 1. The molecule has 100 valence electrons. The molecule has 0 radical (unpaired) electrons. The van der Waals surface area contributed by atoms with Crippen LogP contribution in [0.2, 0.25) is 5.02 Å². The van der Waals surface area contributed by atoms with Gasteiger partial charge in [-0.25, -0.2) is 9.78 Å². The number of carbonyl (C=O) groups is 1. The highest BCUT2D eigenvalue weighted by molar-refractivity contribution is 7.09. The first-order chi connectivity index (χ1) is 9.08. The van der Waals surface area contributed by atoms with Crippen LogP contribution in [0.4, 0.5) is 5.69 Å². The van der Waals surface area contributed by atoms with E-state index in [1.807, 2.05) is 12.3 Å². The highest BCUT2D eigenvalue weighted by atomic mass is 35.5. The minimum atomic E-state index is -1.03. The van der Waals surface area contributed by atoms with Crippen molar-refractivity contribution in [2.75, 3.05) is 11.9 Å². The van der Waals surface area contributed by atoms with Crippen molar-refractivity contribution in [3.63, 3.8) is 0 Å². The lowest BCUT2D eigenvalue weighted by Crippen LogP contribution is -2.10. The van der Waals surface area contributed by atoms with E-state index >= 15 is 0 Å². The van der Waals surface area contributed by atoms with Gasteiger partial charge in [-0.2, -0.15) is 0 Å². The Hall–Kier alpha value is -1.59. The van der Waals surface area contributed by atoms with Crippen LogP contribution >= 0.6 is 22.9 Å². The molecule has 19 heavy (non-hydrogen) atoms. The summed E-state index contributed by atoms with van der Waals surface area (Å²) in [5.74, 6) is -1.03. The van der Waals surface area contributed by atoms with Crippen LogP contribution in [-0.2, 0) is 6.42 Å². The minimum Gasteiger partial charge on any atom is -0.478 e. The average molecular weight is 297 g/mol. The van der Waals surface area contributed by atoms with Crippen molar-refractivity contribution >= 4 is 34.6 Å². The molecule has 1 heterocycles. The number of aromatic carboxylic acids is 1. The van der Waals surface area contributed by atoms with Crippen LogP contribution in [0.3, 0.4) is 0 Å². The first-order valence-corrected chi connectivity index (χ1v) is 7.00. The quantitative estimate of drug-likeness (QED) is 0.887. The normalized spacial score (nSPS) is 10.4. The van der Waals surface area contributed by atoms with Gasteiger partial charge >= 0.3 is 5.97 Å². The second-order valence-electron chi connectivity index (χ2n) is 4.00. The number of thiazole rings is 1. The predicted octanol–water partition coefficient (Wildman–Crippen LogP) is 3.46. The Morgan fingerprint density at radius 3 is 2.95 bits per heavy atom. The van der Waals surface area contributed by atoms with Gasteiger partial charge in [-0.15, -0.1) is 11.3 Å². The summed E-state index contributed by atoms with van der Waals surface area (Å²) < 4.78 is 0. The maximum Gasteiger partial charge on any atom is 0.339 e. The Kier molecular flexibility index (Phi) is 4.39. The topological polar surface area (TPSA) is 62.2 Å². The molecule has 0 aliphatic carbocycles. The summed E-state index contributed by atoms with van der Waals surface area (Å²) in [7, 11) is 0. The SMILES string of the molecule is Cc1nc(CCNc2cccc(Cl)c2C(=O)O)cs1. The smallest absolute Gasteiger partial charge is 0.339 e. The number of hydrogen-bond acceptors (Lipinski definition) is 4. The third-order valence-electron chi connectivity index (χ3n) is 2.59. The molecule has 4 nitrogen and oxygen atoms in total. The largest absolute Gasteiger partial charge is 0.478 e. The Labute approximate surface area is 120 Å². The van der Waals surface area contributed by atoms with Crippen LogP contribution in [0.1, 0.15) is 21.1 Å². The number of nitrogens with zero attached hydrogens (tertiary/aromatic N) is 1. The number of rotatable bonds is 5. The molecule has 1 aromatic carbocycles. The van der Waals surface area contributed by atoms with Crippen molar-refractivity contribution in [1.29, 1.82) is 0 Å². The molecule has 0 unspecified atom stereocenters. The molecule has 2 N–H and O–H groups in total. The molecule has 0 aliphatic rings. The summed E-state index contributed by atoms with van der Waals surface area (Å²) in [6.07, 6.45) is 0.746. The zero-order valence-electron chi connectivity index (χ0n) is 10.3. The Bertz CT molecular complexity index is 598. The van der Waals surface area contributed by atoms with Gasteiger partial charge < -0.3 is 10.4 Å². The van der Waals surface area contributed by atoms with Crippen LogP contribution in [0.15, 0.2) is 23.6 Å². The molecule has 0 atom stereocenters. The Balaban J connectivity index is 2.03. The van der Waals surface area contributed by atoms with Gasteiger partial charge in [0, 0.05) is 18.3 Å². The second-order valence-corrected chi connectivity index (χ2v) is 5.47. The number of carboxylic acid groups (broad SMARTS) is 1. The number of anilines is 1. The molecule has 0 amide bonds. The fraction of sp³-hybridized carbons (Fsp3) is 0.231. The van der Waals surface area contributed by atoms with Crippen molar-refractivity contribution in [1.82, 2.24) is 4.98 Å². The fourth-order valence-electron chi connectivity index (χ4n) is 1.74. The lowest BCUT2D eigenvalue weighted by Gasteiger charge is -2.09.